The highest BCUT2D eigenvalue weighted by atomic mass is 16.5. The fourth-order valence-corrected chi connectivity index (χ4v) is 3.99. The number of phenolic OH excluding ortho intramolecular Hbond substituents is 2. The molecule has 0 fully saturated rings. The Labute approximate surface area is 141 Å². The monoisotopic (exact) mass is 327 g/mol. The number of methoxy groups -OCH3 is 2. The van der Waals surface area contributed by atoms with Gasteiger partial charge < -0.3 is 19.7 Å². The van der Waals surface area contributed by atoms with Crippen LogP contribution in [0.25, 0.3) is 0 Å². The molecule has 0 amide bonds. The van der Waals surface area contributed by atoms with Crippen LogP contribution in [0, 0.1) is 0 Å². The summed E-state index contributed by atoms with van der Waals surface area (Å²) in [5.74, 6) is 1.44. The van der Waals surface area contributed by atoms with Gasteiger partial charge in [0.05, 0.1) is 14.2 Å². The Morgan fingerprint density at radius 3 is 2.54 bits per heavy atom. The lowest BCUT2D eigenvalue weighted by Crippen LogP contribution is -2.39. The Hall–Kier alpha value is -2.40. The SMILES string of the molecule is COc1cc2c(cc1O)CN1CCc3ccc(OC)c(O)c3C1C2. The van der Waals surface area contributed by atoms with Gasteiger partial charge in [-0.05, 0) is 47.7 Å². The van der Waals surface area contributed by atoms with E-state index in [-0.39, 0.29) is 17.5 Å². The second kappa shape index (κ2) is 5.60. The van der Waals surface area contributed by atoms with E-state index in [0.717, 1.165) is 42.6 Å². The first-order valence-electron chi connectivity index (χ1n) is 8.14. The third-order valence-electron chi connectivity index (χ3n) is 5.22. The number of hydrogen-bond donors (Lipinski definition) is 2. The van der Waals surface area contributed by atoms with E-state index >= 15 is 0 Å². The highest BCUT2D eigenvalue weighted by Crippen LogP contribution is 2.46. The van der Waals surface area contributed by atoms with E-state index in [0.29, 0.717) is 11.5 Å². The predicted molar refractivity (Wildman–Crippen MR) is 89.9 cm³/mol. The van der Waals surface area contributed by atoms with E-state index in [1.54, 1.807) is 20.3 Å². The van der Waals surface area contributed by atoms with Crippen LogP contribution in [0.15, 0.2) is 24.3 Å². The number of phenols is 2. The van der Waals surface area contributed by atoms with Crippen LogP contribution in [0.3, 0.4) is 0 Å². The fourth-order valence-electron chi connectivity index (χ4n) is 3.99. The maximum Gasteiger partial charge on any atom is 0.162 e. The second-order valence-corrected chi connectivity index (χ2v) is 6.42. The maximum absolute atomic E-state index is 10.7. The third-order valence-corrected chi connectivity index (χ3v) is 5.22. The van der Waals surface area contributed by atoms with Crippen molar-refractivity contribution in [1.82, 2.24) is 4.90 Å². The highest BCUT2D eigenvalue weighted by molar-refractivity contribution is 5.55. The molecule has 2 aromatic rings. The smallest absolute Gasteiger partial charge is 0.162 e. The first-order valence-corrected chi connectivity index (χ1v) is 8.14. The van der Waals surface area contributed by atoms with Gasteiger partial charge >= 0.3 is 0 Å². The zero-order valence-electron chi connectivity index (χ0n) is 13.9. The second-order valence-electron chi connectivity index (χ2n) is 6.42. The molecule has 0 radical (unpaired) electrons. The lowest BCUT2D eigenvalue weighted by molar-refractivity contribution is 0.156. The quantitative estimate of drug-likeness (QED) is 0.888. The van der Waals surface area contributed by atoms with Gasteiger partial charge in [0.2, 0.25) is 0 Å². The van der Waals surface area contributed by atoms with Crippen LogP contribution in [-0.2, 0) is 19.4 Å². The molecular weight excluding hydrogens is 306 g/mol. The first kappa shape index (κ1) is 15.1. The standard InChI is InChI=1S/C19H21NO4/c1-23-16-4-3-11-5-6-20-10-13-8-15(21)17(24-2)9-12(13)7-14(20)18(11)19(16)22/h3-4,8-9,14,21-22H,5-7,10H2,1-2H3. The highest BCUT2D eigenvalue weighted by Gasteiger charge is 2.35. The minimum Gasteiger partial charge on any atom is -0.504 e. The minimum atomic E-state index is 0.116. The maximum atomic E-state index is 10.7. The van der Waals surface area contributed by atoms with Crippen molar-refractivity contribution >= 4 is 0 Å². The van der Waals surface area contributed by atoms with Gasteiger partial charge in [0.25, 0.3) is 0 Å². The molecule has 2 heterocycles. The van der Waals surface area contributed by atoms with Gasteiger partial charge in [-0.3, -0.25) is 4.90 Å². The number of ether oxygens (including phenoxy) is 2. The summed E-state index contributed by atoms with van der Waals surface area (Å²) in [6.07, 6.45) is 1.68. The van der Waals surface area contributed by atoms with E-state index in [1.807, 2.05) is 12.1 Å². The molecule has 5 nitrogen and oxygen atoms in total. The molecule has 5 heteroatoms. The first-order chi connectivity index (χ1) is 11.6. The van der Waals surface area contributed by atoms with Crippen LogP contribution in [0.1, 0.15) is 28.3 Å². The molecule has 2 aliphatic heterocycles. The fraction of sp³-hybridized carbons (Fsp3) is 0.368. The molecule has 0 spiro atoms. The van der Waals surface area contributed by atoms with Gasteiger partial charge in [-0.1, -0.05) is 6.07 Å². The van der Waals surface area contributed by atoms with Gasteiger partial charge in [0.1, 0.15) is 0 Å². The number of hydrogen-bond acceptors (Lipinski definition) is 5. The Morgan fingerprint density at radius 1 is 1.00 bits per heavy atom. The van der Waals surface area contributed by atoms with Crippen molar-refractivity contribution in [3.63, 3.8) is 0 Å². The molecule has 0 saturated heterocycles. The van der Waals surface area contributed by atoms with Gasteiger partial charge in [-0.2, -0.15) is 0 Å². The normalized spacial score (nSPS) is 19.2. The lowest BCUT2D eigenvalue weighted by atomic mass is 9.83. The van der Waals surface area contributed by atoms with Crippen molar-refractivity contribution in [1.29, 1.82) is 0 Å². The summed E-state index contributed by atoms with van der Waals surface area (Å²) in [6.45, 7) is 1.70. The number of aromatic hydroxyl groups is 2. The van der Waals surface area contributed by atoms with E-state index in [1.165, 1.54) is 5.56 Å². The molecule has 126 valence electrons. The predicted octanol–water partition coefficient (Wildman–Crippen LogP) is 2.77. The number of benzene rings is 2. The molecule has 24 heavy (non-hydrogen) atoms. The van der Waals surface area contributed by atoms with E-state index in [4.69, 9.17) is 9.47 Å². The number of fused-ring (bicyclic) bond motifs is 4. The third kappa shape index (κ3) is 2.19. The topological polar surface area (TPSA) is 62.2 Å². The number of nitrogens with zero attached hydrogens (tertiary/aromatic N) is 1. The number of rotatable bonds is 2. The van der Waals surface area contributed by atoms with Crippen molar-refractivity contribution in [2.24, 2.45) is 0 Å². The van der Waals surface area contributed by atoms with Crippen LogP contribution in [0.4, 0.5) is 0 Å². The van der Waals surface area contributed by atoms with Crippen molar-refractivity contribution in [3.05, 3.63) is 46.5 Å². The van der Waals surface area contributed by atoms with Crippen molar-refractivity contribution in [2.45, 2.75) is 25.4 Å². The summed E-state index contributed by atoms with van der Waals surface area (Å²) in [6, 6.07) is 7.71. The van der Waals surface area contributed by atoms with Gasteiger partial charge in [-0.25, -0.2) is 0 Å². The molecule has 0 aliphatic carbocycles. The van der Waals surface area contributed by atoms with Crippen LogP contribution in [-0.4, -0.2) is 35.9 Å². The van der Waals surface area contributed by atoms with E-state index < -0.39 is 0 Å². The van der Waals surface area contributed by atoms with E-state index in [2.05, 4.69) is 11.0 Å². The minimum absolute atomic E-state index is 0.116. The summed E-state index contributed by atoms with van der Waals surface area (Å²) in [5.41, 5.74) is 4.43. The molecule has 4 rings (SSSR count). The van der Waals surface area contributed by atoms with Crippen molar-refractivity contribution in [3.8, 4) is 23.0 Å². The van der Waals surface area contributed by atoms with Crippen LogP contribution in [0.2, 0.25) is 0 Å². The summed E-state index contributed by atoms with van der Waals surface area (Å²) in [4.78, 5) is 2.36. The summed E-state index contributed by atoms with van der Waals surface area (Å²) >= 11 is 0. The molecule has 0 saturated carbocycles. The summed E-state index contributed by atoms with van der Waals surface area (Å²) in [7, 11) is 3.13. The molecule has 1 unspecified atom stereocenters. The molecule has 2 aromatic carbocycles. The Kier molecular flexibility index (Phi) is 3.53. The molecular formula is C19H21NO4. The van der Waals surface area contributed by atoms with Crippen LogP contribution >= 0.6 is 0 Å². The summed E-state index contributed by atoms with van der Waals surface area (Å²) in [5, 5.41) is 20.7. The van der Waals surface area contributed by atoms with Gasteiger partial charge in [0, 0.05) is 24.7 Å². The lowest BCUT2D eigenvalue weighted by Gasteiger charge is -2.41. The molecule has 2 aliphatic rings. The zero-order chi connectivity index (χ0) is 16.8. The molecule has 1 atom stereocenters. The van der Waals surface area contributed by atoms with Gasteiger partial charge in [0.15, 0.2) is 23.0 Å². The van der Waals surface area contributed by atoms with Crippen LogP contribution < -0.4 is 9.47 Å². The van der Waals surface area contributed by atoms with Crippen molar-refractivity contribution < 1.29 is 19.7 Å². The van der Waals surface area contributed by atoms with Crippen LogP contribution in [0.5, 0.6) is 23.0 Å². The average molecular weight is 327 g/mol. The zero-order valence-corrected chi connectivity index (χ0v) is 13.9. The molecule has 2 N–H and O–H groups in total. The molecule has 0 bridgehead atoms. The van der Waals surface area contributed by atoms with Crippen molar-refractivity contribution in [2.75, 3.05) is 20.8 Å². The van der Waals surface area contributed by atoms with E-state index in [9.17, 15) is 10.2 Å². The Morgan fingerprint density at radius 2 is 1.79 bits per heavy atom. The van der Waals surface area contributed by atoms with Gasteiger partial charge in [-0.15, -0.1) is 0 Å². The Balaban J connectivity index is 1.79. The average Bonchev–Trinajstić information content (AvgIpc) is 2.59. The molecule has 0 aromatic heterocycles. The largest absolute Gasteiger partial charge is 0.504 e. The summed E-state index contributed by atoms with van der Waals surface area (Å²) < 4.78 is 10.5. The Bertz CT molecular complexity index is 802.